The van der Waals surface area contributed by atoms with E-state index in [1.54, 1.807) is 19.2 Å². The molecule has 5 heteroatoms. The summed E-state index contributed by atoms with van der Waals surface area (Å²) in [6.07, 6.45) is 4.03. The van der Waals surface area contributed by atoms with Gasteiger partial charge in [0.05, 0.1) is 17.9 Å². The molecule has 1 unspecified atom stereocenters. The number of carboxylic acids is 1. The molecule has 1 saturated carbocycles. The monoisotopic (exact) mass is 278 g/mol. The Hall–Kier alpha value is -1.46. The van der Waals surface area contributed by atoms with Gasteiger partial charge in [0, 0.05) is 32.4 Å². The molecule has 0 bridgehead atoms. The van der Waals surface area contributed by atoms with Gasteiger partial charge < -0.3 is 9.84 Å². The van der Waals surface area contributed by atoms with Crippen LogP contribution in [0.5, 0.6) is 0 Å². The topological polar surface area (TPSA) is 62.7 Å². The molecule has 0 amide bonds. The van der Waals surface area contributed by atoms with Crippen LogP contribution in [0.3, 0.4) is 0 Å². The first-order chi connectivity index (χ1) is 9.61. The largest absolute Gasteiger partial charge is 0.478 e. The lowest BCUT2D eigenvalue weighted by molar-refractivity contribution is 0.0696. The van der Waals surface area contributed by atoms with Gasteiger partial charge in [0.25, 0.3) is 0 Å². The Kier molecular flexibility index (Phi) is 5.09. The van der Waals surface area contributed by atoms with E-state index < -0.39 is 5.97 Å². The summed E-state index contributed by atoms with van der Waals surface area (Å²) in [6.45, 7) is 4.56. The van der Waals surface area contributed by atoms with E-state index in [0.29, 0.717) is 12.6 Å². The van der Waals surface area contributed by atoms with Crippen LogP contribution in [0.15, 0.2) is 18.3 Å². The molecular formula is C15H22N2O3. The molecule has 1 atom stereocenters. The number of aromatic nitrogens is 1. The Balaban J connectivity index is 2.00. The summed E-state index contributed by atoms with van der Waals surface area (Å²) in [5.41, 5.74) is 1.13. The first-order valence-corrected chi connectivity index (χ1v) is 7.03. The van der Waals surface area contributed by atoms with Crippen LogP contribution in [-0.4, -0.2) is 47.3 Å². The summed E-state index contributed by atoms with van der Waals surface area (Å²) in [7, 11) is 1.71. The van der Waals surface area contributed by atoms with Crippen molar-refractivity contribution in [2.75, 3.05) is 20.3 Å². The molecule has 110 valence electrons. The highest BCUT2D eigenvalue weighted by molar-refractivity contribution is 5.87. The number of hydrogen-bond donors (Lipinski definition) is 1. The molecule has 0 radical (unpaired) electrons. The van der Waals surface area contributed by atoms with Crippen molar-refractivity contribution in [1.29, 1.82) is 0 Å². The molecule has 0 aromatic carbocycles. The summed E-state index contributed by atoms with van der Waals surface area (Å²) in [5, 5.41) is 8.88. The zero-order valence-electron chi connectivity index (χ0n) is 12.1. The maximum Gasteiger partial charge on any atom is 0.337 e. The molecule has 1 aromatic heterocycles. The van der Waals surface area contributed by atoms with Gasteiger partial charge >= 0.3 is 5.97 Å². The number of carbonyl (C=O) groups is 1. The van der Waals surface area contributed by atoms with Gasteiger partial charge in [-0.1, -0.05) is 0 Å². The fourth-order valence-corrected chi connectivity index (χ4v) is 2.36. The minimum absolute atomic E-state index is 0.229. The number of nitrogens with zero attached hydrogens (tertiary/aromatic N) is 2. The van der Waals surface area contributed by atoms with Crippen molar-refractivity contribution in [2.24, 2.45) is 5.92 Å². The lowest BCUT2D eigenvalue weighted by Gasteiger charge is -2.28. The number of pyridine rings is 1. The molecule has 1 fully saturated rings. The molecule has 5 nitrogen and oxygen atoms in total. The van der Waals surface area contributed by atoms with Gasteiger partial charge in [-0.25, -0.2) is 4.79 Å². The molecule has 1 N–H and O–H groups in total. The van der Waals surface area contributed by atoms with Gasteiger partial charge in [-0.2, -0.15) is 0 Å². The molecule has 0 saturated heterocycles. The van der Waals surface area contributed by atoms with E-state index in [9.17, 15) is 4.79 Å². The number of methoxy groups -OCH3 is 1. The molecule has 1 aromatic rings. The van der Waals surface area contributed by atoms with Crippen LogP contribution in [0.4, 0.5) is 0 Å². The number of ether oxygens (including phenoxy) is 1. The van der Waals surface area contributed by atoms with Crippen molar-refractivity contribution in [2.45, 2.75) is 32.4 Å². The Morgan fingerprint density at radius 3 is 2.80 bits per heavy atom. The fourth-order valence-electron chi connectivity index (χ4n) is 2.36. The van der Waals surface area contributed by atoms with Crippen molar-refractivity contribution in [3.8, 4) is 0 Å². The van der Waals surface area contributed by atoms with Gasteiger partial charge in [0.15, 0.2) is 0 Å². The van der Waals surface area contributed by atoms with Crippen LogP contribution in [0, 0.1) is 5.92 Å². The average Bonchev–Trinajstić information content (AvgIpc) is 3.27. The molecular weight excluding hydrogens is 256 g/mol. The third-order valence-electron chi connectivity index (χ3n) is 3.90. The van der Waals surface area contributed by atoms with E-state index >= 15 is 0 Å². The first-order valence-electron chi connectivity index (χ1n) is 7.03. The van der Waals surface area contributed by atoms with E-state index in [0.717, 1.165) is 24.7 Å². The third kappa shape index (κ3) is 4.02. The van der Waals surface area contributed by atoms with Gasteiger partial charge in [-0.15, -0.1) is 0 Å². The van der Waals surface area contributed by atoms with Crippen LogP contribution in [0.1, 0.15) is 35.8 Å². The number of rotatable bonds is 8. The minimum atomic E-state index is -0.938. The Bertz CT molecular complexity index is 443. The van der Waals surface area contributed by atoms with Gasteiger partial charge in [0.1, 0.15) is 0 Å². The highest BCUT2D eigenvalue weighted by atomic mass is 16.5. The SMILES string of the molecule is COCCN(Cc1ccc(C(=O)O)cn1)C(C)C1CC1. The predicted octanol–water partition coefficient (Wildman–Crippen LogP) is 2.03. The first kappa shape index (κ1) is 14.9. The van der Waals surface area contributed by atoms with E-state index in [1.807, 2.05) is 0 Å². The summed E-state index contributed by atoms with van der Waals surface area (Å²) < 4.78 is 5.17. The maximum absolute atomic E-state index is 10.8. The second-order valence-electron chi connectivity index (χ2n) is 5.38. The molecule has 2 rings (SSSR count). The van der Waals surface area contributed by atoms with Crippen molar-refractivity contribution < 1.29 is 14.6 Å². The normalized spacial score (nSPS) is 16.4. The molecule has 20 heavy (non-hydrogen) atoms. The highest BCUT2D eigenvalue weighted by Gasteiger charge is 2.31. The standard InChI is InChI=1S/C15H22N2O3/c1-11(12-3-4-12)17(7-8-20-2)10-14-6-5-13(9-16-14)15(18)19/h5-6,9,11-12H,3-4,7-8,10H2,1-2H3,(H,18,19). The molecule has 0 spiro atoms. The lowest BCUT2D eigenvalue weighted by Crippen LogP contribution is -2.36. The van der Waals surface area contributed by atoms with Crippen LogP contribution in [0.2, 0.25) is 0 Å². The van der Waals surface area contributed by atoms with E-state index in [1.165, 1.54) is 19.0 Å². The van der Waals surface area contributed by atoms with Crippen LogP contribution >= 0.6 is 0 Å². The predicted molar refractivity (Wildman–Crippen MR) is 75.7 cm³/mol. The minimum Gasteiger partial charge on any atom is -0.478 e. The van der Waals surface area contributed by atoms with Crippen molar-refractivity contribution in [3.05, 3.63) is 29.6 Å². The van der Waals surface area contributed by atoms with Crippen molar-refractivity contribution >= 4 is 5.97 Å². The van der Waals surface area contributed by atoms with E-state index in [2.05, 4.69) is 16.8 Å². The number of aromatic carboxylic acids is 1. The second-order valence-corrected chi connectivity index (χ2v) is 5.38. The maximum atomic E-state index is 10.8. The van der Waals surface area contributed by atoms with Crippen LogP contribution in [-0.2, 0) is 11.3 Å². The summed E-state index contributed by atoms with van der Waals surface area (Å²) in [6, 6.07) is 3.93. The summed E-state index contributed by atoms with van der Waals surface area (Å²) in [5.74, 6) is -0.156. The van der Waals surface area contributed by atoms with Gasteiger partial charge in [0.2, 0.25) is 0 Å². The smallest absolute Gasteiger partial charge is 0.337 e. The quantitative estimate of drug-likeness (QED) is 0.788. The lowest BCUT2D eigenvalue weighted by atomic mass is 10.1. The van der Waals surface area contributed by atoms with Crippen LogP contribution in [0.25, 0.3) is 0 Å². The third-order valence-corrected chi connectivity index (χ3v) is 3.90. The number of hydrogen-bond acceptors (Lipinski definition) is 4. The Morgan fingerprint density at radius 1 is 1.55 bits per heavy atom. The van der Waals surface area contributed by atoms with E-state index in [4.69, 9.17) is 9.84 Å². The fraction of sp³-hybridized carbons (Fsp3) is 0.600. The summed E-state index contributed by atoms with van der Waals surface area (Å²) in [4.78, 5) is 17.4. The summed E-state index contributed by atoms with van der Waals surface area (Å²) >= 11 is 0. The van der Waals surface area contributed by atoms with Gasteiger partial charge in [-0.05, 0) is 37.8 Å². The Morgan fingerprint density at radius 2 is 2.30 bits per heavy atom. The Labute approximate surface area is 119 Å². The zero-order valence-corrected chi connectivity index (χ0v) is 12.1. The van der Waals surface area contributed by atoms with Gasteiger partial charge in [-0.3, -0.25) is 9.88 Å². The van der Waals surface area contributed by atoms with Crippen molar-refractivity contribution in [3.63, 3.8) is 0 Å². The number of carboxylic acid groups (broad SMARTS) is 1. The average molecular weight is 278 g/mol. The second kappa shape index (κ2) is 6.81. The molecule has 0 aliphatic heterocycles. The molecule has 1 heterocycles. The van der Waals surface area contributed by atoms with Crippen LogP contribution < -0.4 is 0 Å². The highest BCUT2D eigenvalue weighted by Crippen LogP contribution is 2.35. The van der Waals surface area contributed by atoms with Crippen molar-refractivity contribution in [1.82, 2.24) is 9.88 Å². The molecule has 1 aliphatic rings. The van der Waals surface area contributed by atoms with E-state index in [-0.39, 0.29) is 5.56 Å². The molecule has 1 aliphatic carbocycles. The zero-order chi connectivity index (χ0) is 14.5.